The predicted octanol–water partition coefficient (Wildman–Crippen LogP) is 4.79. The molecule has 2 aromatic carbocycles. The van der Waals surface area contributed by atoms with Crippen LogP contribution in [-0.4, -0.2) is 47.2 Å². The number of aromatic nitrogens is 2. The van der Waals surface area contributed by atoms with Crippen LogP contribution in [0.4, 0.5) is 5.69 Å². The van der Waals surface area contributed by atoms with Gasteiger partial charge in [0.05, 0.1) is 29.4 Å². The topological polar surface area (TPSA) is 62.2 Å². The van der Waals surface area contributed by atoms with Crippen molar-refractivity contribution in [1.82, 2.24) is 20.2 Å². The van der Waals surface area contributed by atoms with E-state index in [-0.39, 0.29) is 24.0 Å². The molecule has 2 saturated heterocycles. The number of hydrogen-bond donors (Lipinski definition) is 2. The normalized spacial score (nSPS) is 22.0. The van der Waals surface area contributed by atoms with Crippen molar-refractivity contribution < 1.29 is 4.79 Å². The van der Waals surface area contributed by atoms with Gasteiger partial charge in [0.15, 0.2) is 0 Å². The van der Waals surface area contributed by atoms with E-state index in [2.05, 4.69) is 50.2 Å². The Hall–Kier alpha value is -2.28. The number of nitrogens with one attached hydrogen (secondary N) is 2. The van der Waals surface area contributed by atoms with Gasteiger partial charge in [0, 0.05) is 34.9 Å². The van der Waals surface area contributed by atoms with Crippen LogP contribution in [0.3, 0.4) is 0 Å². The molecule has 174 valence electrons. The van der Waals surface area contributed by atoms with Crippen LogP contribution in [0.5, 0.6) is 0 Å². The zero-order valence-corrected chi connectivity index (χ0v) is 20.2. The Labute approximate surface area is 204 Å². The molecule has 2 fully saturated rings. The molecule has 6 nitrogen and oxygen atoms in total. The highest BCUT2D eigenvalue weighted by atomic mass is 35.5. The fraction of sp³-hybridized carbons (Fsp3) is 0.440. The number of imidazole rings is 1. The van der Waals surface area contributed by atoms with Crippen LogP contribution in [0.2, 0.25) is 10.0 Å². The first-order chi connectivity index (χ1) is 16.0. The van der Waals surface area contributed by atoms with Gasteiger partial charge in [-0.1, -0.05) is 35.7 Å². The molecular formula is C25H29Cl2N5O. The van der Waals surface area contributed by atoms with Crippen LogP contribution in [-0.2, 0) is 4.79 Å². The second-order valence-electron chi connectivity index (χ2n) is 9.11. The van der Waals surface area contributed by atoms with Gasteiger partial charge in [0.2, 0.25) is 5.91 Å². The second kappa shape index (κ2) is 9.53. The number of amides is 1. The van der Waals surface area contributed by atoms with Crippen molar-refractivity contribution in [1.29, 1.82) is 0 Å². The molecule has 0 aliphatic carbocycles. The Morgan fingerprint density at radius 3 is 2.85 bits per heavy atom. The molecule has 2 N–H and O–H groups in total. The van der Waals surface area contributed by atoms with Crippen molar-refractivity contribution in [2.45, 2.75) is 50.7 Å². The van der Waals surface area contributed by atoms with Crippen LogP contribution in [0, 0.1) is 0 Å². The van der Waals surface area contributed by atoms with Crippen molar-refractivity contribution in [2.75, 3.05) is 24.5 Å². The Kier molecular flexibility index (Phi) is 6.50. The Morgan fingerprint density at radius 1 is 1.18 bits per heavy atom. The number of hydrogen-bond acceptors (Lipinski definition) is 4. The van der Waals surface area contributed by atoms with Gasteiger partial charge in [-0.05, 0) is 68.6 Å². The SMILES string of the molecule is CC(c1ccc(Cl)cc1Cl)n1cnc2ccc(N3CCC(NC(=O)C4CCCCN4)C3)cc21. The molecule has 0 saturated carbocycles. The van der Waals surface area contributed by atoms with E-state index in [0.29, 0.717) is 10.0 Å². The van der Waals surface area contributed by atoms with Gasteiger partial charge in [0.25, 0.3) is 0 Å². The van der Waals surface area contributed by atoms with Gasteiger partial charge in [0.1, 0.15) is 0 Å². The van der Waals surface area contributed by atoms with Crippen molar-refractivity contribution in [3.8, 4) is 0 Å². The van der Waals surface area contributed by atoms with Gasteiger partial charge in [-0.15, -0.1) is 0 Å². The van der Waals surface area contributed by atoms with Crippen LogP contribution < -0.4 is 15.5 Å². The maximum absolute atomic E-state index is 12.6. The standard InChI is InChI=1S/C25H29Cl2N5O/c1-16(20-7-5-17(26)12-21(20)27)32-15-29-22-8-6-19(13-24(22)32)31-11-9-18(14-31)30-25(33)23-4-2-3-10-28-23/h5-8,12-13,15-16,18,23,28H,2-4,9-11,14H2,1H3,(H,30,33). The average Bonchev–Trinajstić information content (AvgIpc) is 3.46. The first kappa shape index (κ1) is 22.5. The maximum Gasteiger partial charge on any atom is 0.237 e. The van der Waals surface area contributed by atoms with E-state index in [4.69, 9.17) is 23.2 Å². The Bertz CT molecular complexity index is 1160. The van der Waals surface area contributed by atoms with E-state index < -0.39 is 0 Å². The molecular weight excluding hydrogens is 457 g/mol. The van der Waals surface area contributed by atoms with Crippen LogP contribution >= 0.6 is 23.2 Å². The summed E-state index contributed by atoms with van der Waals surface area (Å²) in [7, 11) is 0. The molecule has 3 heterocycles. The summed E-state index contributed by atoms with van der Waals surface area (Å²) in [5.41, 5.74) is 4.16. The molecule has 3 unspecified atom stereocenters. The van der Waals surface area contributed by atoms with E-state index in [1.54, 1.807) is 6.07 Å². The zero-order chi connectivity index (χ0) is 22.9. The van der Waals surface area contributed by atoms with Crippen LogP contribution in [0.15, 0.2) is 42.7 Å². The summed E-state index contributed by atoms with van der Waals surface area (Å²) in [6.07, 6.45) is 6.03. The molecule has 1 aromatic heterocycles. The van der Waals surface area contributed by atoms with E-state index in [0.717, 1.165) is 67.6 Å². The fourth-order valence-electron chi connectivity index (χ4n) is 5.00. The first-order valence-electron chi connectivity index (χ1n) is 11.7. The minimum atomic E-state index is -0.0420. The second-order valence-corrected chi connectivity index (χ2v) is 9.95. The third kappa shape index (κ3) is 4.70. The fourth-order valence-corrected chi connectivity index (χ4v) is 5.57. The maximum atomic E-state index is 12.6. The number of carbonyl (C=O) groups excluding carboxylic acids is 1. The number of benzene rings is 2. The molecule has 33 heavy (non-hydrogen) atoms. The van der Waals surface area contributed by atoms with Gasteiger partial charge in [-0.2, -0.15) is 0 Å². The molecule has 2 aliphatic heterocycles. The third-order valence-electron chi connectivity index (χ3n) is 6.91. The minimum absolute atomic E-state index is 0.0172. The van der Waals surface area contributed by atoms with E-state index in [9.17, 15) is 4.79 Å². The molecule has 5 rings (SSSR count). The summed E-state index contributed by atoms with van der Waals surface area (Å²) < 4.78 is 2.15. The lowest BCUT2D eigenvalue weighted by molar-refractivity contribution is -0.124. The lowest BCUT2D eigenvalue weighted by Crippen LogP contribution is -2.50. The molecule has 2 aliphatic rings. The third-order valence-corrected chi connectivity index (χ3v) is 7.48. The quantitative estimate of drug-likeness (QED) is 0.545. The van der Waals surface area contributed by atoms with Gasteiger partial charge < -0.3 is 20.1 Å². The Balaban J connectivity index is 1.32. The molecule has 8 heteroatoms. The lowest BCUT2D eigenvalue weighted by Gasteiger charge is -2.25. The predicted molar refractivity (Wildman–Crippen MR) is 134 cm³/mol. The van der Waals surface area contributed by atoms with E-state index in [1.165, 1.54) is 0 Å². The summed E-state index contributed by atoms with van der Waals surface area (Å²) in [6.45, 7) is 4.78. The highest BCUT2D eigenvalue weighted by Gasteiger charge is 2.28. The Morgan fingerprint density at radius 2 is 2.06 bits per heavy atom. The number of halogens is 2. The monoisotopic (exact) mass is 485 g/mol. The zero-order valence-electron chi connectivity index (χ0n) is 18.7. The minimum Gasteiger partial charge on any atom is -0.369 e. The van der Waals surface area contributed by atoms with Crippen molar-refractivity contribution in [3.05, 3.63) is 58.3 Å². The summed E-state index contributed by atoms with van der Waals surface area (Å²) >= 11 is 12.6. The average molecular weight is 486 g/mol. The van der Waals surface area contributed by atoms with Gasteiger partial charge in [-0.25, -0.2) is 4.98 Å². The first-order valence-corrected chi connectivity index (χ1v) is 12.5. The summed E-state index contributed by atoms with van der Waals surface area (Å²) in [4.78, 5) is 19.6. The smallest absolute Gasteiger partial charge is 0.237 e. The molecule has 0 spiro atoms. The van der Waals surface area contributed by atoms with E-state index in [1.807, 2.05) is 18.5 Å². The molecule has 3 atom stereocenters. The number of carbonyl (C=O) groups is 1. The number of piperidine rings is 1. The van der Waals surface area contributed by atoms with Crippen LogP contribution in [0.25, 0.3) is 11.0 Å². The number of fused-ring (bicyclic) bond motifs is 1. The molecule has 0 bridgehead atoms. The van der Waals surface area contributed by atoms with Crippen molar-refractivity contribution in [3.63, 3.8) is 0 Å². The van der Waals surface area contributed by atoms with E-state index >= 15 is 0 Å². The largest absolute Gasteiger partial charge is 0.369 e. The molecule has 0 radical (unpaired) electrons. The van der Waals surface area contributed by atoms with Crippen molar-refractivity contribution >= 4 is 45.8 Å². The highest BCUT2D eigenvalue weighted by Crippen LogP contribution is 2.32. The van der Waals surface area contributed by atoms with Crippen LogP contribution in [0.1, 0.15) is 44.2 Å². The van der Waals surface area contributed by atoms with Gasteiger partial charge in [-0.3, -0.25) is 4.79 Å². The summed E-state index contributed by atoms with van der Waals surface area (Å²) in [5.74, 6) is 0.142. The summed E-state index contributed by atoms with van der Waals surface area (Å²) in [5, 5.41) is 7.87. The number of rotatable bonds is 5. The molecule has 1 amide bonds. The molecule has 3 aromatic rings. The number of nitrogens with zero attached hydrogens (tertiary/aromatic N) is 3. The van der Waals surface area contributed by atoms with Gasteiger partial charge >= 0.3 is 0 Å². The summed E-state index contributed by atoms with van der Waals surface area (Å²) in [6, 6.07) is 12.1. The lowest BCUT2D eigenvalue weighted by atomic mass is 10.0. The van der Waals surface area contributed by atoms with Crippen molar-refractivity contribution in [2.24, 2.45) is 0 Å². The number of anilines is 1. The highest BCUT2D eigenvalue weighted by molar-refractivity contribution is 6.35.